The number of Topliss-reactive ketones (excluding diaryl/α,β-unsaturated/α-hetero) is 1. The lowest BCUT2D eigenvalue weighted by atomic mass is 10.0. The van der Waals surface area contributed by atoms with Gasteiger partial charge in [0.05, 0.1) is 12.2 Å². The van der Waals surface area contributed by atoms with Gasteiger partial charge in [-0.2, -0.15) is 4.57 Å². The summed E-state index contributed by atoms with van der Waals surface area (Å²) in [5, 5.41) is 29.4. The summed E-state index contributed by atoms with van der Waals surface area (Å²) in [4.78, 5) is 26.5. The molecule has 0 radical (unpaired) electrons. The van der Waals surface area contributed by atoms with Gasteiger partial charge in [0, 0.05) is 31.6 Å². The second-order valence-corrected chi connectivity index (χ2v) is 7.38. The number of amides is 1. The predicted molar refractivity (Wildman–Crippen MR) is 107 cm³/mol. The number of aliphatic hydroxyl groups excluding tert-OH is 3. The molecule has 3 N–H and O–H groups in total. The van der Waals surface area contributed by atoms with Crippen molar-refractivity contribution in [3.63, 3.8) is 0 Å². The van der Waals surface area contributed by atoms with Crippen LogP contribution in [0.2, 0.25) is 0 Å². The molecule has 0 bridgehead atoms. The first-order valence-corrected chi connectivity index (χ1v) is 9.86. The van der Waals surface area contributed by atoms with Crippen LogP contribution in [0.1, 0.15) is 39.4 Å². The zero-order chi connectivity index (χ0) is 21.8. The lowest BCUT2D eigenvalue weighted by Crippen LogP contribution is -2.46. The minimum absolute atomic E-state index is 0.0713. The largest absolute Gasteiger partial charge is 0.394 e. The number of benzene rings is 1. The quantitative estimate of drug-likeness (QED) is 0.437. The number of pyridine rings is 1. The molecule has 1 amide bonds. The van der Waals surface area contributed by atoms with E-state index >= 15 is 0 Å². The monoisotopic (exact) mass is 415 g/mol. The van der Waals surface area contributed by atoms with Crippen LogP contribution in [-0.2, 0) is 11.2 Å². The first kappa shape index (κ1) is 22.0. The first-order chi connectivity index (χ1) is 14.3. The fraction of sp³-hybridized carbons (Fsp3) is 0.409. The van der Waals surface area contributed by atoms with Crippen LogP contribution in [0.5, 0.6) is 0 Å². The highest BCUT2D eigenvalue weighted by Crippen LogP contribution is 2.25. The Morgan fingerprint density at radius 3 is 2.40 bits per heavy atom. The average Bonchev–Trinajstić information content (AvgIpc) is 3.07. The number of hydrogen-bond acceptors (Lipinski definition) is 6. The third kappa shape index (κ3) is 4.57. The van der Waals surface area contributed by atoms with Crippen molar-refractivity contribution < 1.29 is 34.2 Å². The van der Waals surface area contributed by atoms with Crippen molar-refractivity contribution in [2.45, 2.75) is 37.9 Å². The van der Waals surface area contributed by atoms with Crippen LogP contribution in [0.4, 0.5) is 0 Å². The standard InChI is InChI=1S/C22H27N2O6/c1-3-23(2)21(29)15-8-6-14(7-9-15)11-17(26)16-5-4-10-24(12-16)22-20(28)19(27)18(13-25)30-22/h4-10,12,18-20,22,25,27-28H,3,11,13H2,1-2H3/q+1/t18-,19-,20-,22-/m1/s1. The van der Waals surface area contributed by atoms with Crippen molar-refractivity contribution in [3.05, 3.63) is 65.5 Å². The Bertz CT molecular complexity index is 901. The van der Waals surface area contributed by atoms with E-state index in [2.05, 4.69) is 0 Å². The Hall–Kier alpha value is -2.65. The van der Waals surface area contributed by atoms with Gasteiger partial charge in [-0.1, -0.05) is 12.1 Å². The molecule has 2 aromatic rings. The van der Waals surface area contributed by atoms with E-state index in [-0.39, 0.29) is 18.1 Å². The normalized spacial score (nSPS) is 23.4. The molecule has 8 nitrogen and oxygen atoms in total. The summed E-state index contributed by atoms with van der Waals surface area (Å²) in [6.07, 6.45) is -0.879. The van der Waals surface area contributed by atoms with Gasteiger partial charge in [0.1, 0.15) is 12.2 Å². The number of aromatic nitrogens is 1. The summed E-state index contributed by atoms with van der Waals surface area (Å²) in [5.74, 6) is -0.209. The molecule has 3 rings (SSSR count). The third-order valence-corrected chi connectivity index (χ3v) is 5.34. The summed E-state index contributed by atoms with van der Waals surface area (Å²) in [5.41, 5.74) is 1.76. The maximum atomic E-state index is 12.7. The van der Waals surface area contributed by atoms with E-state index in [1.165, 1.54) is 4.57 Å². The fourth-order valence-corrected chi connectivity index (χ4v) is 3.36. The van der Waals surface area contributed by atoms with E-state index in [0.717, 1.165) is 5.56 Å². The Morgan fingerprint density at radius 2 is 1.80 bits per heavy atom. The molecule has 0 spiro atoms. The van der Waals surface area contributed by atoms with Crippen LogP contribution in [-0.4, -0.2) is 70.4 Å². The molecule has 4 atom stereocenters. The number of hydrogen-bond donors (Lipinski definition) is 3. The number of carbonyl (C=O) groups excluding carboxylic acids is 2. The molecule has 0 aliphatic carbocycles. The van der Waals surface area contributed by atoms with E-state index in [1.807, 2.05) is 6.92 Å². The van der Waals surface area contributed by atoms with Gasteiger partial charge in [-0.3, -0.25) is 9.59 Å². The number of rotatable bonds is 7. The number of aliphatic hydroxyl groups is 3. The van der Waals surface area contributed by atoms with E-state index in [4.69, 9.17) is 4.74 Å². The summed E-state index contributed by atoms with van der Waals surface area (Å²) >= 11 is 0. The van der Waals surface area contributed by atoms with E-state index in [0.29, 0.717) is 17.7 Å². The van der Waals surface area contributed by atoms with Crippen molar-refractivity contribution in [2.24, 2.45) is 0 Å². The summed E-state index contributed by atoms with van der Waals surface area (Å²) in [7, 11) is 1.73. The zero-order valence-corrected chi connectivity index (χ0v) is 17.0. The van der Waals surface area contributed by atoms with Crippen LogP contribution in [0.25, 0.3) is 0 Å². The molecule has 1 aliphatic rings. The number of ether oxygens (including phenoxy) is 1. The van der Waals surface area contributed by atoms with Gasteiger partial charge >= 0.3 is 0 Å². The van der Waals surface area contributed by atoms with Gasteiger partial charge in [0.15, 0.2) is 24.3 Å². The SMILES string of the molecule is CCN(C)C(=O)c1ccc(CC(=O)c2ccc[n+]([C@@H]3O[C@H](CO)[C@@H](O)[C@H]3O)c2)cc1. The highest BCUT2D eigenvalue weighted by molar-refractivity contribution is 5.97. The highest BCUT2D eigenvalue weighted by Gasteiger charge is 2.47. The Morgan fingerprint density at radius 1 is 1.10 bits per heavy atom. The lowest BCUT2D eigenvalue weighted by molar-refractivity contribution is -0.765. The molecule has 1 aliphatic heterocycles. The molecular formula is C22H27N2O6+. The van der Waals surface area contributed by atoms with Gasteiger partial charge in [-0.05, 0) is 30.7 Å². The lowest BCUT2D eigenvalue weighted by Gasteiger charge is -2.14. The maximum absolute atomic E-state index is 12.7. The smallest absolute Gasteiger partial charge is 0.292 e. The van der Waals surface area contributed by atoms with Gasteiger partial charge in [0.25, 0.3) is 12.1 Å². The predicted octanol–water partition coefficient (Wildman–Crippen LogP) is 0.103. The summed E-state index contributed by atoms with van der Waals surface area (Å²) in [6.45, 7) is 2.10. The molecule has 1 aromatic heterocycles. The number of ketones is 1. The van der Waals surface area contributed by atoms with Crippen LogP contribution in [0, 0.1) is 0 Å². The molecular weight excluding hydrogens is 388 g/mol. The topological polar surface area (TPSA) is 111 Å². The molecule has 0 saturated carbocycles. The van der Waals surface area contributed by atoms with Gasteiger partial charge in [0.2, 0.25) is 0 Å². The second-order valence-electron chi connectivity index (χ2n) is 7.38. The zero-order valence-electron chi connectivity index (χ0n) is 17.0. The first-order valence-electron chi connectivity index (χ1n) is 9.86. The third-order valence-electron chi connectivity index (χ3n) is 5.34. The molecule has 1 fully saturated rings. The molecule has 1 saturated heterocycles. The highest BCUT2D eigenvalue weighted by atomic mass is 16.6. The minimum atomic E-state index is -1.22. The molecule has 30 heavy (non-hydrogen) atoms. The molecule has 160 valence electrons. The van der Waals surface area contributed by atoms with Crippen LogP contribution in [0.3, 0.4) is 0 Å². The van der Waals surface area contributed by atoms with E-state index in [1.54, 1.807) is 60.7 Å². The van der Waals surface area contributed by atoms with Crippen molar-refractivity contribution in [3.8, 4) is 0 Å². The maximum Gasteiger partial charge on any atom is 0.292 e. The number of carbonyl (C=O) groups is 2. The van der Waals surface area contributed by atoms with Gasteiger partial charge in [-0.25, -0.2) is 0 Å². The Labute approximate surface area is 175 Å². The van der Waals surface area contributed by atoms with Crippen molar-refractivity contribution >= 4 is 11.7 Å². The van der Waals surface area contributed by atoms with Gasteiger partial charge < -0.3 is 25.0 Å². The van der Waals surface area contributed by atoms with E-state index in [9.17, 15) is 24.9 Å². The molecule has 8 heteroatoms. The van der Waals surface area contributed by atoms with Crippen molar-refractivity contribution in [1.82, 2.24) is 4.90 Å². The van der Waals surface area contributed by atoms with Crippen molar-refractivity contribution in [1.29, 1.82) is 0 Å². The Balaban J connectivity index is 1.71. The fourth-order valence-electron chi connectivity index (χ4n) is 3.36. The van der Waals surface area contributed by atoms with E-state index < -0.39 is 31.1 Å². The number of nitrogens with zero attached hydrogens (tertiary/aromatic N) is 2. The minimum Gasteiger partial charge on any atom is -0.394 e. The average molecular weight is 415 g/mol. The van der Waals surface area contributed by atoms with Crippen LogP contribution >= 0.6 is 0 Å². The molecule has 0 unspecified atom stereocenters. The van der Waals surface area contributed by atoms with Crippen molar-refractivity contribution in [2.75, 3.05) is 20.2 Å². The van der Waals surface area contributed by atoms with Crippen LogP contribution < -0.4 is 4.57 Å². The molecule has 2 heterocycles. The second kappa shape index (κ2) is 9.44. The summed E-state index contributed by atoms with van der Waals surface area (Å²) in [6, 6.07) is 10.3. The summed E-state index contributed by atoms with van der Waals surface area (Å²) < 4.78 is 7.02. The molecule has 1 aromatic carbocycles. The van der Waals surface area contributed by atoms with Crippen LogP contribution in [0.15, 0.2) is 48.8 Å². The van der Waals surface area contributed by atoms with Gasteiger partial charge in [-0.15, -0.1) is 0 Å². The Kier molecular flexibility index (Phi) is 6.94.